The number of benzene rings is 2. The molecule has 1 unspecified atom stereocenters. The number of aromatic amines is 1. The molecule has 1 aromatic heterocycles. The number of piperidine rings is 1. The zero-order valence-electron chi connectivity index (χ0n) is 16.9. The van der Waals surface area contributed by atoms with Gasteiger partial charge in [-0.05, 0) is 56.2 Å². The van der Waals surface area contributed by atoms with Crippen molar-refractivity contribution >= 4 is 46.0 Å². The molecule has 0 radical (unpaired) electrons. The zero-order valence-corrected chi connectivity index (χ0v) is 18.4. The molecule has 7 nitrogen and oxygen atoms in total. The van der Waals surface area contributed by atoms with Crippen LogP contribution in [0.25, 0.3) is 11.0 Å². The van der Waals surface area contributed by atoms with Crippen molar-refractivity contribution in [2.24, 2.45) is 0 Å². The van der Waals surface area contributed by atoms with Gasteiger partial charge in [-0.25, -0.2) is 4.98 Å². The van der Waals surface area contributed by atoms with E-state index >= 15 is 0 Å². The predicted molar refractivity (Wildman–Crippen MR) is 120 cm³/mol. The molecule has 2 heterocycles. The van der Waals surface area contributed by atoms with Crippen LogP contribution in [0.1, 0.15) is 52.3 Å². The third kappa shape index (κ3) is 4.69. The number of nitrogens with one attached hydrogen (secondary N) is 2. The number of likely N-dealkylation sites (tertiary alicyclic amines) is 1. The van der Waals surface area contributed by atoms with Gasteiger partial charge in [0.05, 0.1) is 33.8 Å². The van der Waals surface area contributed by atoms with Crippen molar-refractivity contribution in [3.63, 3.8) is 0 Å². The summed E-state index contributed by atoms with van der Waals surface area (Å²) in [6, 6.07) is 9.61. The number of carbonyl (C=O) groups is 2. The minimum Gasteiger partial charge on any atom is -0.393 e. The summed E-state index contributed by atoms with van der Waals surface area (Å²) in [7, 11) is 0. The fraction of sp³-hybridized carbons (Fsp3) is 0.318. The van der Waals surface area contributed by atoms with E-state index in [0.717, 1.165) is 11.0 Å². The number of rotatable bonds is 4. The molecular weight excluding hydrogens is 439 g/mol. The van der Waals surface area contributed by atoms with Crippen molar-refractivity contribution in [3.8, 4) is 0 Å². The Morgan fingerprint density at radius 2 is 1.94 bits per heavy atom. The van der Waals surface area contributed by atoms with Crippen molar-refractivity contribution in [2.45, 2.75) is 31.9 Å². The normalized spacial score (nSPS) is 15.8. The number of hydrogen-bond donors (Lipinski definition) is 3. The number of halogens is 2. The molecule has 9 heteroatoms. The zero-order chi connectivity index (χ0) is 22.1. The van der Waals surface area contributed by atoms with E-state index in [2.05, 4.69) is 15.3 Å². The Morgan fingerprint density at radius 3 is 2.65 bits per heavy atom. The highest BCUT2D eigenvalue weighted by Gasteiger charge is 2.24. The number of fused-ring (bicyclic) bond motifs is 1. The van der Waals surface area contributed by atoms with E-state index in [1.54, 1.807) is 29.2 Å². The predicted octanol–water partition coefficient (Wildman–Crippen LogP) is 3.96. The van der Waals surface area contributed by atoms with Gasteiger partial charge in [-0.2, -0.15) is 0 Å². The molecule has 4 rings (SSSR count). The van der Waals surface area contributed by atoms with Crippen LogP contribution in [0.3, 0.4) is 0 Å². The lowest BCUT2D eigenvalue weighted by atomic mass is 10.1. The summed E-state index contributed by atoms with van der Waals surface area (Å²) in [6.45, 7) is 2.79. The standard InChI is InChI=1S/C22H22Cl2N4O3/c1-12(20-26-18-5-3-14(23)11-19(18)27-20)25-21(30)13-2-4-16(17(24)10-13)22(31)28-8-6-15(29)7-9-28/h2-5,10-12,15,29H,6-9H2,1H3,(H,25,30)(H,26,27). The van der Waals surface area contributed by atoms with Crippen LogP contribution in [0.15, 0.2) is 36.4 Å². The highest BCUT2D eigenvalue weighted by molar-refractivity contribution is 6.34. The first kappa shape index (κ1) is 21.6. The highest BCUT2D eigenvalue weighted by Crippen LogP contribution is 2.23. The Bertz CT molecular complexity index is 1140. The molecule has 3 aromatic rings. The van der Waals surface area contributed by atoms with Crippen LogP contribution in [-0.2, 0) is 0 Å². The lowest BCUT2D eigenvalue weighted by Crippen LogP contribution is -2.40. The van der Waals surface area contributed by atoms with Crippen LogP contribution in [0.2, 0.25) is 10.0 Å². The number of aromatic nitrogens is 2. The quantitative estimate of drug-likeness (QED) is 0.548. The third-order valence-corrected chi connectivity index (χ3v) is 5.98. The summed E-state index contributed by atoms with van der Waals surface area (Å²) >= 11 is 12.3. The van der Waals surface area contributed by atoms with Crippen molar-refractivity contribution in [3.05, 3.63) is 63.4 Å². The summed E-state index contributed by atoms with van der Waals surface area (Å²) in [5.74, 6) is 0.0851. The summed E-state index contributed by atoms with van der Waals surface area (Å²) < 4.78 is 0. The maximum Gasteiger partial charge on any atom is 0.255 e. The van der Waals surface area contributed by atoms with Gasteiger partial charge in [-0.1, -0.05) is 23.2 Å². The number of amides is 2. The smallest absolute Gasteiger partial charge is 0.255 e. The first-order valence-corrected chi connectivity index (χ1v) is 10.8. The average Bonchev–Trinajstić information content (AvgIpc) is 3.17. The topological polar surface area (TPSA) is 98.3 Å². The number of aliphatic hydroxyl groups excluding tert-OH is 1. The molecule has 3 N–H and O–H groups in total. The van der Waals surface area contributed by atoms with Gasteiger partial charge < -0.3 is 20.3 Å². The SMILES string of the molecule is CC(NC(=O)c1ccc(C(=O)N2CCC(O)CC2)c(Cl)c1)c1nc2ccc(Cl)cc2[nH]1. The van der Waals surface area contributed by atoms with Crippen LogP contribution in [0, 0.1) is 0 Å². The van der Waals surface area contributed by atoms with E-state index < -0.39 is 0 Å². The minimum atomic E-state index is -0.376. The van der Waals surface area contributed by atoms with Crippen LogP contribution < -0.4 is 5.32 Å². The molecule has 1 atom stereocenters. The lowest BCUT2D eigenvalue weighted by molar-refractivity contribution is 0.0546. The largest absolute Gasteiger partial charge is 0.393 e. The minimum absolute atomic E-state index is 0.196. The fourth-order valence-electron chi connectivity index (χ4n) is 3.62. The van der Waals surface area contributed by atoms with Crippen LogP contribution >= 0.6 is 23.2 Å². The number of hydrogen-bond acceptors (Lipinski definition) is 4. The van der Waals surface area contributed by atoms with Crippen molar-refractivity contribution in [2.75, 3.05) is 13.1 Å². The Hall–Kier alpha value is -2.61. The summed E-state index contributed by atoms with van der Waals surface area (Å²) in [4.78, 5) is 34.8. The Balaban J connectivity index is 1.45. The van der Waals surface area contributed by atoms with Gasteiger partial charge >= 0.3 is 0 Å². The number of carbonyl (C=O) groups excluding carboxylic acids is 2. The van der Waals surface area contributed by atoms with E-state index in [9.17, 15) is 14.7 Å². The molecule has 1 fully saturated rings. The number of nitrogens with zero attached hydrogens (tertiary/aromatic N) is 2. The van der Waals surface area contributed by atoms with Gasteiger partial charge in [0.15, 0.2) is 0 Å². The summed E-state index contributed by atoms with van der Waals surface area (Å²) in [6.07, 6.45) is 0.738. The lowest BCUT2D eigenvalue weighted by Gasteiger charge is -2.29. The molecule has 2 aromatic carbocycles. The molecule has 0 spiro atoms. The third-order valence-electron chi connectivity index (χ3n) is 5.43. The Labute approximate surface area is 189 Å². The molecule has 1 aliphatic heterocycles. The van der Waals surface area contributed by atoms with Gasteiger partial charge in [-0.15, -0.1) is 0 Å². The van der Waals surface area contributed by atoms with Crippen molar-refractivity contribution in [1.29, 1.82) is 0 Å². The molecule has 0 aliphatic carbocycles. The monoisotopic (exact) mass is 460 g/mol. The number of aliphatic hydroxyl groups is 1. The second-order valence-corrected chi connectivity index (χ2v) is 8.54. The average molecular weight is 461 g/mol. The van der Waals surface area contributed by atoms with E-state index in [0.29, 0.717) is 47.9 Å². The van der Waals surface area contributed by atoms with Crippen LogP contribution in [-0.4, -0.2) is 51.0 Å². The maximum atomic E-state index is 12.7. The second-order valence-electron chi connectivity index (χ2n) is 7.70. The molecular formula is C22H22Cl2N4O3. The van der Waals surface area contributed by atoms with Crippen molar-refractivity contribution in [1.82, 2.24) is 20.2 Å². The number of H-pyrrole nitrogens is 1. The second kappa shape index (κ2) is 8.86. The van der Waals surface area contributed by atoms with Gasteiger partial charge in [0.2, 0.25) is 0 Å². The van der Waals surface area contributed by atoms with Crippen molar-refractivity contribution < 1.29 is 14.7 Å². The van der Waals surface area contributed by atoms with Crippen LogP contribution in [0.4, 0.5) is 0 Å². The van der Waals surface area contributed by atoms with Gasteiger partial charge in [0, 0.05) is 23.7 Å². The van der Waals surface area contributed by atoms with Gasteiger partial charge in [0.1, 0.15) is 5.82 Å². The molecule has 2 amide bonds. The maximum absolute atomic E-state index is 12.7. The molecule has 1 aliphatic rings. The number of imidazole rings is 1. The highest BCUT2D eigenvalue weighted by atomic mass is 35.5. The molecule has 0 saturated carbocycles. The van der Waals surface area contributed by atoms with E-state index in [1.807, 2.05) is 13.0 Å². The van der Waals surface area contributed by atoms with Gasteiger partial charge in [0.25, 0.3) is 11.8 Å². The molecule has 162 valence electrons. The molecule has 1 saturated heterocycles. The summed E-state index contributed by atoms with van der Waals surface area (Å²) in [5.41, 5.74) is 2.25. The molecule has 31 heavy (non-hydrogen) atoms. The van der Waals surface area contributed by atoms with E-state index in [1.165, 1.54) is 6.07 Å². The van der Waals surface area contributed by atoms with Crippen LogP contribution in [0.5, 0.6) is 0 Å². The Morgan fingerprint density at radius 1 is 1.19 bits per heavy atom. The van der Waals surface area contributed by atoms with E-state index in [-0.39, 0.29) is 29.0 Å². The fourth-order valence-corrected chi connectivity index (χ4v) is 4.06. The van der Waals surface area contributed by atoms with E-state index in [4.69, 9.17) is 23.2 Å². The molecule has 0 bridgehead atoms. The first-order valence-electron chi connectivity index (χ1n) is 10.0. The Kier molecular flexibility index (Phi) is 6.18. The summed E-state index contributed by atoms with van der Waals surface area (Å²) in [5, 5.41) is 13.3. The van der Waals surface area contributed by atoms with Gasteiger partial charge in [-0.3, -0.25) is 9.59 Å². The first-order chi connectivity index (χ1) is 14.8.